The smallest absolute Gasteiger partial charge is 0.0534 e. The minimum atomic E-state index is 1.09. The molecule has 29 heavy (non-hydrogen) atoms. The van der Waals surface area contributed by atoms with Gasteiger partial charge in [-0.3, -0.25) is 0 Å². The lowest BCUT2D eigenvalue weighted by molar-refractivity contribution is 1.11. The molecule has 0 bridgehead atoms. The normalized spacial score (nSPS) is 10.9. The Kier molecular flexibility index (Phi) is 4.34. The van der Waals surface area contributed by atoms with Crippen molar-refractivity contribution in [2.75, 3.05) is 0 Å². The molecule has 5 rings (SSSR count). The third-order valence-corrected chi connectivity index (χ3v) is 5.34. The predicted molar refractivity (Wildman–Crippen MR) is 124 cm³/mol. The Labute approximate surface area is 171 Å². The molecule has 0 saturated heterocycles. The van der Waals surface area contributed by atoms with Gasteiger partial charge in [-0.1, -0.05) is 85.4 Å². The first-order valence-corrected chi connectivity index (χ1v) is 9.83. The van der Waals surface area contributed by atoms with Crippen molar-refractivity contribution >= 4 is 17.0 Å². The maximum Gasteiger partial charge on any atom is 0.0534 e. The van der Waals surface area contributed by atoms with Crippen molar-refractivity contribution in [2.45, 2.75) is 0 Å². The van der Waals surface area contributed by atoms with Gasteiger partial charge in [-0.25, -0.2) is 0 Å². The molecule has 1 heterocycles. The lowest BCUT2D eigenvalue weighted by Gasteiger charge is -2.14. The van der Waals surface area contributed by atoms with E-state index < -0.39 is 0 Å². The van der Waals surface area contributed by atoms with Gasteiger partial charge >= 0.3 is 0 Å². The number of rotatable bonds is 4. The standard InChI is InChI=1S/C28H21N/c1-2-26-18-23-15-9-10-16-28(23)29(26)27-19-24(21-11-5-3-6-12-21)17-25(20-27)22-13-7-4-8-14-22/h2-20H,1H2. The van der Waals surface area contributed by atoms with Crippen LogP contribution in [-0.4, -0.2) is 4.57 Å². The van der Waals surface area contributed by atoms with Crippen LogP contribution in [0.1, 0.15) is 5.69 Å². The van der Waals surface area contributed by atoms with E-state index in [1.165, 1.54) is 33.2 Å². The maximum atomic E-state index is 4.05. The molecule has 0 aliphatic rings. The SMILES string of the molecule is C=Cc1cc2ccccc2n1-c1cc(-c2ccccc2)cc(-c2ccccc2)c1. The van der Waals surface area contributed by atoms with Gasteiger partial charge in [0.1, 0.15) is 0 Å². The molecule has 5 aromatic rings. The quantitative estimate of drug-likeness (QED) is 0.306. The third-order valence-electron chi connectivity index (χ3n) is 5.34. The summed E-state index contributed by atoms with van der Waals surface area (Å²) in [6.45, 7) is 4.05. The monoisotopic (exact) mass is 371 g/mol. The molecule has 1 aromatic heterocycles. The maximum absolute atomic E-state index is 4.05. The second-order valence-electron chi connectivity index (χ2n) is 7.17. The van der Waals surface area contributed by atoms with Crippen molar-refractivity contribution in [3.8, 4) is 27.9 Å². The molecule has 4 aromatic carbocycles. The molecular formula is C28H21N. The van der Waals surface area contributed by atoms with Gasteiger partial charge in [0.15, 0.2) is 0 Å². The molecule has 0 spiro atoms. The Morgan fingerprint density at radius 1 is 0.552 bits per heavy atom. The van der Waals surface area contributed by atoms with E-state index in [2.05, 4.69) is 120 Å². The van der Waals surface area contributed by atoms with Gasteiger partial charge < -0.3 is 4.57 Å². The zero-order valence-corrected chi connectivity index (χ0v) is 16.1. The molecule has 0 fully saturated rings. The van der Waals surface area contributed by atoms with E-state index in [-0.39, 0.29) is 0 Å². The molecule has 1 heteroatoms. The Morgan fingerprint density at radius 2 is 1.10 bits per heavy atom. The van der Waals surface area contributed by atoms with Crippen LogP contribution in [0.4, 0.5) is 0 Å². The van der Waals surface area contributed by atoms with Crippen molar-refractivity contribution in [2.24, 2.45) is 0 Å². The number of hydrogen-bond donors (Lipinski definition) is 0. The number of benzene rings is 4. The highest BCUT2D eigenvalue weighted by atomic mass is 15.0. The van der Waals surface area contributed by atoms with Crippen LogP contribution in [0, 0.1) is 0 Å². The summed E-state index contributed by atoms with van der Waals surface area (Å²) < 4.78 is 2.29. The zero-order valence-electron chi connectivity index (χ0n) is 16.1. The van der Waals surface area contributed by atoms with Gasteiger partial charge in [-0.2, -0.15) is 0 Å². The number of para-hydroxylation sites is 1. The van der Waals surface area contributed by atoms with Gasteiger partial charge in [0.25, 0.3) is 0 Å². The molecule has 1 nitrogen and oxygen atoms in total. The molecule has 0 aliphatic carbocycles. The Bertz CT molecular complexity index is 1240. The second-order valence-corrected chi connectivity index (χ2v) is 7.17. The van der Waals surface area contributed by atoms with Crippen LogP contribution >= 0.6 is 0 Å². The minimum Gasteiger partial charge on any atom is -0.310 e. The van der Waals surface area contributed by atoms with Crippen molar-refractivity contribution < 1.29 is 0 Å². The summed E-state index contributed by atoms with van der Waals surface area (Å²) in [5, 5.41) is 1.22. The first-order valence-electron chi connectivity index (χ1n) is 9.83. The summed E-state index contributed by atoms with van der Waals surface area (Å²) in [5.74, 6) is 0. The van der Waals surface area contributed by atoms with Crippen molar-refractivity contribution in [3.63, 3.8) is 0 Å². The van der Waals surface area contributed by atoms with Crippen molar-refractivity contribution in [3.05, 3.63) is 121 Å². The average Bonchev–Trinajstić information content (AvgIpc) is 3.19. The van der Waals surface area contributed by atoms with Crippen LogP contribution < -0.4 is 0 Å². The highest BCUT2D eigenvalue weighted by Gasteiger charge is 2.12. The topological polar surface area (TPSA) is 4.93 Å². The van der Waals surface area contributed by atoms with Gasteiger partial charge in [-0.15, -0.1) is 0 Å². The number of fused-ring (bicyclic) bond motifs is 1. The van der Waals surface area contributed by atoms with Crippen LogP contribution in [0.2, 0.25) is 0 Å². The van der Waals surface area contributed by atoms with Crippen LogP contribution in [-0.2, 0) is 0 Å². The summed E-state index contributed by atoms with van der Waals surface area (Å²) in [6, 6.07) is 38.6. The summed E-state index contributed by atoms with van der Waals surface area (Å²) in [7, 11) is 0. The number of hydrogen-bond acceptors (Lipinski definition) is 0. The summed E-state index contributed by atoms with van der Waals surface area (Å²) in [4.78, 5) is 0. The predicted octanol–water partition coefficient (Wildman–Crippen LogP) is 7.61. The molecule has 138 valence electrons. The average molecular weight is 371 g/mol. The molecular weight excluding hydrogens is 350 g/mol. The van der Waals surface area contributed by atoms with E-state index in [0.29, 0.717) is 0 Å². The lowest BCUT2D eigenvalue weighted by atomic mass is 9.98. The Balaban J connectivity index is 1.81. The molecule has 0 unspecified atom stereocenters. The summed E-state index contributed by atoms with van der Waals surface area (Å²) >= 11 is 0. The highest BCUT2D eigenvalue weighted by molar-refractivity contribution is 5.87. The largest absolute Gasteiger partial charge is 0.310 e. The van der Waals surface area contributed by atoms with Gasteiger partial charge in [-0.05, 0) is 58.7 Å². The van der Waals surface area contributed by atoms with E-state index >= 15 is 0 Å². The zero-order chi connectivity index (χ0) is 19.6. The fourth-order valence-corrected chi connectivity index (χ4v) is 3.95. The van der Waals surface area contributed by atoms with Crippen LogP contribution in [0.25, 0.3) is 44.9 Å². The third kappa shape index (κ3) is 3.17. The van der Waals surface area contributed by atoms with E-state index in [0.717, 1.165) is 11.4 Å². The van der Waals surface area contributed by atoms with Gasteiger partial charge in [0.2, 0.25) is 0 Å². The van der Waals surface area contributed by atoms with E-state index in [1.54, 1.807) is 0 Å². The van der Waals surface area contributed by atoms with E-state index in [9.17, 15) is 0 Å². The highest BCUT2D eigenvalue weighted by Crippen LogP contribution is 2.33. The molecule has 0 amide bonds. The first kappa shape index (κ1) is 17.3. The van der Waals surface area contributed by atoms with Crippen LogP contribution in [0.3, 0.4) is 0 Å². The summed E-state index contributed by atoms with van der Waals surface area (Å²) in [5.41, 5.74) is 8.25. The number of aromatic nitrogens is 1. The van der Waals surface area contributed by atoms with Crippen LogP contribution in [0.15, 0.2) is 116 Å². The Hall–Kier alpha value is -3.84. The Morgan fingerprint density at radius 3 is 1.69 bits per heavy atom. The second kappa shape index (κ2) is 7.29. The molecule has 0 N–H and O–H groups in total. The minimum absolute atomic E-state index is 1.09. The molecule has 0 saturated carbocycles. The van der Waals surface area contributed by atoms with E-state index in [4.69, 9.17) is 0 Å². The molecule has 0 aliphatic heterocycles. The fourth-order valence-electron chi connectivity index (χ4n) is 3.95. The van der Waals surface area contributed by atoms with Crippen molar-refractivity contribution in [1.82, 2.24) is 4.57 Å². The van der Waals surface area contributed by atoms with Crippen LogP contribution in [0.5, 0.6) is 0 Å². The van der Waals surface area contributed by atoms with Gasteiger partial charge in [0.05, 0.1) is 5.52 Å². The van der Waals surface area contributed by atoms with Gasteiger partial charge in [0, 0.05) is 16.8 Å². The first-order chi connectivity index (χ1) is 14.3. The number of nitrogens with zero attached hydrogens (tertiary/aromatic N) is 1. The molecule has 0 atom stereocenters. The lowest BCUT2D eigenvalue weighted by Crippen LogP contribution is -1.98. The molecule has 0 radical (unpaired) electrons. The van der Waals surface area contributed by atoms with Crippen molar-refractivity contribution in [1.29, 1.82) is 0 Å². The summed E-state index contributed by atoms with van der Waals surface area (Å²) in [6.07, 6.45) is 1.93. The fraction of sp³-hybridized carbons (Fsp3) is 0. The van der Waals surface area contributed by atoms with E-state index in [1.807, 2.05) is 6.08 Å².